The van der Waals surface area contributed by atoms with Gasteiger partial charge in [-0.05, 0) is 49.7 Å². The molecular formula is C25H24ClN5O. The second kappa shape index (κ2) is 8.25. The maximum atomic E-state index is 9.11. The number of nitriles is 1. The van der Waals surface area contributed by atoms with Gasteiger partial charge in [0.15, 0.2) is 0 Å². The molecule has 0 atom stereocenters. The number of hydrogen-bond acceptors (Lipinski definition) is 5. The van der Waals surface area contributed by atoms with Crippen LogP contribution in [0.1, 0.15) is 54.7 Å². The van der Waals surface area contributed by atoms with E-state index in [0.717, 1.165) is 40.2 Å². The van der Waals surface area contributed by atoms with Gasteiger partial charge in [-0.1, -0.05) is 44.5 Å². The average molecular weight is 446 g/mol. The number of halogens is 1. The molecule has 7 heteroatoms. The Labute approximate surface area is 192 Å². The van der Waals surface area contributed by atoms with Crippen LogP contribution in [0.25, 0.3) is 17.1 Å². The highest BCUT2D eigenvalue weighted by molar-refractivity contribution is 6.31. The molecule has 0 radical (unpaired) electrons. The van der Waals surface area contributed by atoms with Crippen LogP contribution >= 0.6 is 11.6 Å². The Morgan fingerprint density at radius 2 is 1.78 bits per heavy atom. The minimum Gasteiger partial charge on any atom is -0.420 e. The van der Waals surface area contributed by atoms with Crippen LogP contribution in [0.3, 0.4) is 0 Å². The number of rotatable bonds is 4. The first-order valence-electron chi connectivity index (χ1n) is 10.4. The van der Waals surface area contributed by atoms with Crippen LogP contribution in [0.4, 0.5) is 0 Å². The molecule has 0 bridgehead atoms. The van der Waals surface area contributed by atoms with E-state index < -0.39 is 0 Å². The molecule has 2 heterocycles. The minimum absolute atomic E-state index is 0.181. The van der Waals surface area contributed by atoms with Crippen molar-refractivity contribution in [3.63, 3.8) is 0 Å². The van der Waals surface area contributed by atoms with Gasteiger partial charge in [-0.15, -0.1) is 10.2 Å². The summed E-state index contributed by atoms with van der Waals surface area (Å²) in [5.41, 5.74) is 6.32. The van der Waals surface area contributed by atoms with Crippen molar-refractivity contribution in [2.24, 2.45) is 0 Å². The van der Waals surface area contributed by atoms with Gasteiger partial charge >= 0.3 is 0 Å². The van der Waals surface area contributed by atoms with Crippen LogP contribution < -0.4 is 0 Å². The molecule has 162 valence electrons. The fourth-order valence-corrected chi connectivity index (χ4v) is 3.74. The van der Waals surface area contributed by atoms with Gasteiger partial charge in [0, 0.05) is 28.7 Å². The standard InChI is InChI=1S/C25H24ClN5O/c1-15-21(16(2)31(30-15)20-11-10-19(14-27)22(26)13-20)12-17-6-8-18(9-7-17)23-28-29-24(32-23)25(3,4)5/h6-11,13H,12H2,1-5H3. The van der Waals surface area contributed by atoms with E-state index in [1.54, 1.807) is 12.1 Å². The van der Waals surface area contributed by atoms with Crippen molar-refractivity contribution in [3.05, 3.63) is 81.5 Å². The monoisotopic (exact) mass is 445 g/mol. The number of hydrogen-bond donors (Lipinski definition) is 0. The molecule has 0 aliphatic carbocycles. The first-order chi connectivity index (χ1) is 15.2. The number of nitrogens with zero attached hydrogens (tertiary/aromatic N) is 5. The molecule has 0 spiro atoms. The highest BCUT2D eigenvalue weighted by atomic mass is 35.5. The predicted molar refractivity (Wildman–Crippen MR) is 124 cm³/mol. The highest BCUT2D eigenvalue weighted by Gasteiger charge is 2.22. The molecule has 0 N–H and O–H groups in total. The molecule has 0 amide bonds. The maximum absolute atomic E-state index is 9.11. The Kier molecular flexibility index (Phi) is 5.62. The summed E-state index contributed by atoms with van der Waals surface area (Å²) in [4.78, 5) is 0. The third-order valence-electron chi connectivity index (χ3n) is 5.41. The zero-order valence-corrected chi connectivity index (χ0v) is 19.5. The van der Waals surface area contributed by atoms with E-state index in [9.17, 15) is 0 Å². The molecular weight excluding hydrogens is 422 g/mol. The van der Waals surface area contributed by atoms with Gasteiger partial charge in [0.2, 0.25) is 11.8 Å². The van der Waals surface area contributed by atoms with Crippen molar-refractivity contribution in [1.29, 1.82) is 5.26 Å². The van der Waals surface area contributed by atoms with Gasteiger partial charge in [0.05, 0.1) is 22.0 Å². The summed E-state index contributed by atoms with van der Waals surface area (Å²) in [5.74, 6) is 1.15. The Hall–Kier alpha value is -3.43. The summed E-state index contributed by atoms with van der Waals surface area (Å²) in [5, 5.41) is 22.6. The van der Waals surface area contributed by atoms with Crippen molar-refractivity contribution in [2.75, 3.05) is 0 Å². The smallest absolute Gasteiger partial charge is 0.247 e. The fraction of sp³-hybridized carbons (Fsp3) is 0.280. The van der Waals surface area contributed by atoms with Crippen molar-refractivity contribution < 1.29 is 4.42 Å². The van der Waals surface area contributed by atoms with Crippen LogP contribution in [0, 0.1) is 25.2 Å². The summed E-state index contributed by atoms with van der Waals surface area (Å²) >= 11 is 6.22. The first-order valence-corrected chi connectivity index (χ1v) is 10.7. The van der Waals surface area contributed by atoms with Crippen LogP contribution in [0.15, 0.2) is 46.9 Å². The molecule has 4 rings (SSSR count). The van der Waals surface area contributed by atoms with Gasteiger partial charge in [-0.25, -0.2) is 4.68 Å². The molecule has 0 saturated heterocycles. The lowest BCUT2D eigenvalue weighted by Gasteiger charge is -2.11. The Bertz CT molecular complexity index is 1320. The summed E-state index contributed by atoms with van der Waals surface area (Å²) in [6, 6.07) is 15.6. The first kappa shape index (κ1) is 21.8. The van der Waals surface area contributed by atoms with E-state index in [1.165, 1.54) is 0 Å². The minimum atomic E-state index is -0.181. The van der Waals surface area contributed by atoms with E-state index in [4.69, 9.17) is 26.4 Å². The van der Waals surface area contributed by atoms with Crippen LogP contribution in [0.2, 0.25) is 5.02 Å². The average Bonchev–Trinajstić information content (AvgIpc) is 3.35. The number of aromatic nitrogens is 4. The highest BCUT2D eigenvalue weighted by Crippen LogP contribution is 2.27. The summed E-state index contributed by atoms with van der Waals surface area (Å²) in [6.07, 6.45) is 0.749. The SMILES string of the molecule is Cc1nn(-c2ccc(C#N)c(Cl)c2)c(C)c1Cc1ccc(-c2nnc(C(C)(C)C)o2)cc1. The molecule has 0 fully saturated rings. The quantitative estimate of drug-likeness (QED) is 0.387. The van der Waals surface area contributed by atoms with E-state index >= 15 is 0 Å². The van der Waals surface area contributed by atoms with E-state index in [-0.39, 0.29) is 5.41 Å². The van der Waals surface area contributed by atoms with Crippen molar-refractivity contribution in [2.45, 2.75) is 46.5 Å². The van der Waals surface area contributed by atoms with Gasteiger partial charge in [-0.3, -0.25) is 0 Å². The van der Waals surface area contributed by atoms with Crippen LogP contribution in [0.5, 0.6) is 0 Å². The van der Waals surface area contributed by atoms with E-state index in [1.807, 2.05) is 57.5 Å². The van der Waals surface area contributed by atoms with E-state index in [0.29, 0.717) is 22.4 Å². The predicted octanol–water partition coefficient (Wildman–Crippen LogP) is 5.95. The molecule has 6 nitrogen and oxygen atoms in total. The molecule has 0 saturated carbocycles. The summed E-state index contributed by atoms with van der Waals surface area (Å²) in [7, 11) is 0. The lowest BCUT2D eigenvalue weighted by molar-refractivity contribution is 0.399. The molecule has 4 aromatic rings. The normalized spacial score (nSPS) is 11.5. The molecule has 2 aromatic carbocycles. The largest absolute Gasteiger partial charge is 0.420 e. The Morgan fingerprint density at radius 1 is 1.06 bits per heavy atom. The Morgan fingerprint density at radius 3 is 2.38 bits per heavy atom. The fourth-order valence-electron chi connectivity index (χ4n) is 3.52. The zero-order chi connectivity index (χ0) is 23.0. The van der Waals surface area contributed by atoms with Gasteiger partial charge in [0.1, 0.15) is 6.07 Å². The topological polar surface area (TPSA) is 80.5 Å². The maximum Gasteiger partial charge on any atom is 0.247 e. The van der Waals surface area contributed by atoms with Gasteiger partial charge in [0.25, 0.3) is 0 Å². The molecule has 32 heavy (non-hydrogen) atoms. The molecule has 2 aromatic heterocycles. The van der Waals surface area contributed by atoms with Crippen molar-refractivity contribution in [1.82, 2.24) is 20.0 Å². The summed E-state index contributed by atoms with van der Waals surface area (Å²) in [6.45, 7) is 10.2. The molecule has 0 aliphatic rings. The number of aryl methyl sites for hydroxylation is 1. The second-order valence-corrected chi connectivity index (χ2v) is 9.28. The molecule has 0 aliphatic heterocycles. The van der Waals surface area contributed by atoms with Gasteiger partial charge in [-0.2, -0.15) is 10.4 Å². The summed E-state index contributed by atoms with van der Waals surface area (Å²) < 4.78 is 7.72. The van der Waals surface area contributed by atoms with Crippen LogP contribution in [-0.4, -0.2) is 20.0 Å². The van der Waals surface area contributed by atoms with Crippen LogP contribution in [-0.2, 0) is 11.8 Å². The van der Waals surface area contributed by atoms with Gasteiger partial charge < -0.3 is 4.42 Å². The lowest BCUT2D eigenvalue weighted by Crippen LogP contribution is -2.11. The second-order valence-electron chi connectivity index (χ2n) is 8.87. The third kappa shape index (κ3) is 4.17. The van der Waals surface area contributed by atoms with E-state index in [2.05, 4.69) is 28.4 Å². The third-order valence-corrected chi connectivity index (χ3v) is 5.72. The van der Waals surface area contributed by atoms with Crippen molar-refractivity contribution >= 4 is 11.6 Å². The number of benzene rings is 2. The lowest BCUT2D eigenvalue weighted by atomic mass is 9.97. The Balaban J connectivity index is 1.58. The molecule has 0 unspecified atom stereocenters. The zero-order valence-electron chi connectivity index (χ0n) is 18.8. The van der Waals surface area contributed by atoms with Crippen molar-refractivity contribution in [3.8, 4) is 23.2 Å².